The molecule has 0 aliphatic rings. The maximum absolute atomic E-state index is 5.40. The molecule has 0 saturated heterocycles. The minimum absolute atomic E-state index is 0.619. The summed E-state index contributed by atoms with van der Waals surface area (Å²) in [7, 11) is 0. The predicted molar refractivity (Wildman–Crippen MR) is 261 cm³/mol. The van der Waals surface area contributed by atoms with Crippen LogP contribution in [0.2, 0.25) is 0 Å². The van der Waals surface area contributed by atoms with Crippen molar-refractivity contribution in [3.63, 3.8) is 0 Å². The van der Waals surface area contributed by atoms with E-state index in [1.165, 1.54) is 63.3 Å². The van der Waals surface area contributed by atoms with Gasteiger partial charge in [-0.1, -0.05) is 158 Å². The van der Waals surface area contributed by atoms with Crippen LogP contribution in [0, 0.1) is 0 Å². The zero-order valence-corrected chi connectivity index (χ0v) is 34.1. The molecule has 13 aromatic rings. The number of aromatic nitrogens is 4. The largest absolute Gasteiger partial charge is 0.309 e. The number of hydrogen-bond donors (Lipinski definition) is 0. The summed E-state index contributed by atoms with van der Waals surface area (Å²) in [6.07, 6.45) is 0. The van der Waals surface area contributed by atoms with Gasteiger partial charge < -0.3 is 4.57 Å². The summed E-state index contributed by atoms with van der Waals surface area (Å²) in [4.78, 5) is 15.9. The summed E-state index contributed by atoms with van der Waals surface area (Å²) >= 11 is 1.79. The SMILES string of the molecule is c1ccc(-c2nc(-c3cc(-c4ccc5c6ccccc6c6ccccc6c5c4)cc(-n4c5ccccc5c5ccccc54)c3)nc(-c3cccc4c3sc3ccccc34)n2)cc1. The number of rotatable bonds is 5. The van der Waals surface area contributed by atoms with Crippen molar-refractivity contribution >= 4 is 85.6 Å². The van der Waals surface area contributed by atoms with Crippen molar-refractivity contribution < 1.29 is 0 Å². The van der Waals surface area contributed by atoms with E-state index in [0.29, 0.717) is 17.5 Å². The van der Waals surface area contributed by atoms with Crippen LogP contribution in [-0.4, -0.2) is 19.5 Å². The second kappa shape index (κ2) is 13.8. The molecule has 0 spiro atoms. The number of para-hydroxylation sites is 2. The summed E-state index contributed by atoms with van der Waals surface area (Å²) in [5.74, 6) is 1.91. The molecule has 0 unspecified atom stereocenters. The minimum Gasteiger partial charge on any atom is -0.309 e. The summed E-state index contributed by atoms with van der Waals surface area (Å²) in [6, 6.07) is 74.0. The van der Waals surface area contributed by atoms with Gasteiger partial charge in [0.15, 0.2) is 17.5 Å². The van der Waals surface area contributed by atoms with Crippen LogP contribution in [0.5, 0.6) is 0 Å². The van der Waals surface area contributed by atoms with Crippen LogP contribution in [-0.2, 0) is 0 Å². The Morgan fingerprint density at radius 3 is 1.52 bits per heavy atom. The topological polar surface area (TPSA) is 43.6 Å². The monoisotopic (exact) mass is 806 g/mol. The molecule has 0 aliphatic heterocycles. The fraction of sp³-hybridized carbons (Fsp3) is 0. The van der Waals surface area contributed by atoms with E-state index in [1.54, 1.807) is 11.3 Å². The fourth-order valence-corrected chi connectivity index (χ4v) is 10.8. The average molecular weight is 807 g/mol. The minimum atomic E-state index is 0.619. The van der Waals surface area contributed by atoms with Gasteiger partial charge in [-0.3, -0.25) is 0 Å². The Morgan fingerprint density at radius 2 is 0.823 bits per heavy atom. The zero-order chi connectivity index (χ0) is 40.7. The van der Waals surface area contributed by atoms with E-state index in [0.717, 1.165) is 44.5 Å². The lowest BCUT2D eigenvalue weighted by Crippen LogP contribution is -2.02. The molecule has 10 aromatic carbocycles. The molecule has 0 atom stereocenters. The first kappa shape index (κ1) is 34.8. The lowest BCUT2D eigenvalue weighted by Gasteiger charge is -2.16. The summed E-state index contributed by atoms with van der Waals surface area (Å²) in [5.41, 5.74) is 8.37. The number of hydrogen-bond acceptors (Lipinski definition) is 4. The highest BCUT2D eigenvalue weighted by Gasteiger charge is 2.20. The Kier molecular flexibility index (Phi) is 7.74. The summed E-state index contributed by atoms with van der Waals surface area (Å²) in [6.45, 7) is 0. The van der Waals surface area contributed by atoms with Crippen molar-refractivity contribution in [2.24, 2.45) is 0 Å². The van der Waals surface area contributed by atoms with Crippen molar-refractivity contribution in [1.29, 1.82) is 0 Å². The number of benzene rings is 10. The molecule has 13 rings (SSSR count). The van der Waals surface area contributed by atoms with E-state index in [9.17, 15) is 0 Å². The molecular formula is C57H34N4S. The Morgan fingerprint density at radius 1 is 0.306 bits per heavy atom. The van der Waals surface area contributed by atoms with Crippen LogP contribution in [0.3, 0.4) is 0 Å². The molecule has 0 radical (unpaired) electrons. The van der Waals surface area contributed by atoms with E-state index in [-0.39, 0.29) is 0 Å². The first-order valence-electron chi connectivity index (χ1n) is 20.9. The van der Waals surface area contributed by atoms with Crippen molar-refractivity contribution in [2.45, 2.75) is 0 Å². The van der Waals surface area contributed by atoms with Gasteiger partial charge in [-0.2, -0.15) is 0 Å². The second-order valence-electron chi connectivity index (χ2n) is 15.9. The van der Waals surface area contributed by atoms with E-state index < -0.39 is 0 Å². The number of fused-ring (bicyclic) bond motifs is 12. The van der Waals surface area contributed by atoms with Gasteiger partial charge in [-0.15, -0.1) is 11.3 Å². The smallest absolute Gasteiger partial charge is 0.165 e. The molecule has 0 amide bonds. The molecule has 3 heterocycles. The quantitative estimate of drug-likeness (QED) is 0.163. The van der Waals surface area contributed by atoms with Crippen LogP contribution < -0.4 is 0 Å². The molecule has 0 bridgehead atoms. The Hall–Kier alpha value is -7.99. The molecule has 4 nitrogen and oxygen atoms in total. The molecule has 5 heteroatoms. The van der Waals surface area contributed by atoms with Crippen molar-refractivity contribution in [3.05, 3.63) is 206 Å². The molecular weight excluding hydrogens is 773 g/mol. The normalized spacial score (nSPS) is 11.9. The van der Waals surface area contributed by atoms with Crippen molar-refractivity contribution in [1.82, 2.24) is 19.5 Å². The second-order valence-corrected chi connectivity index (χ2v) is 17.0. The zero-order valence-electron chi connectivity index (χ0n) is 33.3. The van der Waals surface area contributed by atoms with E-state index in [2.05, 4.69) is 193 Å². The van der Waals surface area contributed by atoms with E-state index >= 15 is 0 Å². The predicted octanol–water partition coefficient (Wildman–Crippen LogP) is 15.5. The van der Waals surface area contributed by atoms with Crippen LogP contribution in [0.25, 0.3) is 125 Å². The third-order valence-electron chi connectivity index (χ3n) is 12.4. The summed E-state index contributed by atoms with van der Waals surface area (Å²) < 4.78 is 4.80. The van der Waals surface area contributed by atoms with Gasteiger partial charge in [0.2, 0.25) is 0 Å². The Bertz CT molecular complexity index is 3850. The lowest BCUT2D eigenvalue weighted by molar-refractivity contribution is 1.07. The van der Waals surface area contributed by atoms with E-state index in [4.69, 9.17) is 15.0 Å². The van der Waals surface area contributed by atoms with Crippen LogP contribution in [0.1, 0.15) is 0 Å². The van der Waals surface area contributed by atoms with Gasteiger partial charge >= 0.3 is 0 Å². The fourth-order valence-electron chi connectivity index (χ4n) is 9.59. The van der Waals surface area contributed by atoms with Gasteiger partial charge in [0.25, 0.3) is 0 Å². The van der Waals surface area contributed by atoms with Gasteiger partial charge in [0.1, 0.15) is 0 Å². The van der Waals surface area contributed by atoms with Gasteiger partial charge in [-0.05, 0) is 92.0 Å². The molecule has 0 saturated carbocycles. The van der Waals surface area contributed by atoms with Crippen LogP contribution >= 0.6 is 11.3 Å². The van der Waals surface area contributed by atoms with Crippen LogP contribution in [0.15, 0.2) is 206 Å². The van der Waals surface area contributed by atoms with Gasteiger partial charge in [0.05, 0.1) is 11.0 Å². The number of thiophene rings is 1. The Balaban J connectivity index is 1.10. The Labute approximate surface area is 360 Å². The van der Waals surface area contributed by atoms with Crippen molar-refractivity contribution in [2.75, 3.05) is 0 Å². The van der Waals surface area contributed by atoms with Gasteiger partial charge in [-0.25, -0.2) is 15.0 Å². The maximum Gasteiger partial charge on any atom is 0.165 e. The third-order valence-corrected chi connectivity index (χ3v) is 13.6. The highest BCUT2D eigenvalue weighted by molar-refractivity contribution is 7.26. The van der Waals surface area contributed by atoms with E-state index in [1.807, 2.05) is 18.2 Å². The summed E-state index contributed by atoms with van der Waals surface area (Å²) in [5, 5.41) is 12.4. The molecule has 288 valence electrons. The molecule has 0 fully saturated rings. The molecule has 0 N–H and O–H groups in total. The maximum atomic E-state index is 5.40. The number of nitrogens with zero attached hydrogens (tertiary/aromatic N) is 4. The lowest BCUT2D eigenvalue weighted by atomic mass is 9.91. The van der Waals surface area contributed by atoms with Crippen molar-refractivity contribution in [3.8, 4) is 51.0 Å². The third kappa shape index (κ3) is 5.42. The standard InChI is InChI=1S/C57H34N4S/c1-2-15-35(16-3-1)55-58-56(60-57(59-55)49-25-14-24-48-47-23-10-13-28-53(47)62-54(48)49)38-31-37(32-39(33-38)61-51-26-11-8-21-45(51)46-22-9-12-27-52(46)61)36-29-30-44-42-19-5-4-17-40(42)41-18-6-7-20-43(41)50(44)34-36/h1-34H. The average Bonchev–Trinajstić information content (AvgIpc) is 3.90. The molecule has 62 heavy (non-hydrogen) atoms. The molecule has 3 aromatic heterocycles. The van der Waals surface area contributed by atoms with Crippen LogP contribution in [0.4, 0.5) is 0 Å². The first-order chi connectivity index (χ1) is 30.7. The van der Waals surface area contributed by atoms with Gasteiger partial charge in [0, 0.05) is 53.3 Å². The molecule has 0 aliphatic carbocycles. The first-order valence-corrected chi connectivity index (χ1v) is 21.7. The highest BCUT2D eigenvalue weighted by Crippen LogP contribution is 2.42. The highest BCUT2D eigenvalue weighted by atomic mass is 32.1.